The van der Waals surface area contributed by atoms with Gasteiger partial charge in [0, 0.05) is 18.0 Å². The largest absolute Gasteiger partial charge is 0.380 e. The summed E-state index contributed by atoms with van der Waals surface area (Å²) in [5, 5.41) is 0. The Hall–Kier alpha value is -0.120. The van der Waals surface area contributed by atoms with Gasteiger partial charge >= 0.3 is 0 Å². The maximum absolute atomic E-state index is 5.58. The molecule has 0 aromatic heterocycles. The van der Waals surface area contributed by atoms with E-state index in [1.54, 1.807) is 0 Å². The summed E-state index contributed by atoms with van der Waals surface area (Å²) in [7, 11) is 0. The second kappa shape index (κ2) is 4.81. The van der Waals surface area contributed by atoms with Crippen molar-refractivity contribution in [2.75, 3.05) is 32.8 Å². The number of likely N-dealkylation sites (tertiary alicyclic amines) is 1. The summed E-state index contributed by atoms with van der Waals surface area (Å²) in [6, 6.07) is 0.797. The van der Waals surface area contributed by atoms with Crippen molar-refractivity contribution in [3.05, 3.63) is 0 Å². The Bertz CT molecular complexity index is 204. The maximum atomic E-state index is 5.58. The standard InChI is InChI=1S/C12H24N2O/c1-12(9-15-10-12)8-14-7-3-5-11(14)4-2-6-13/h11H,2-10,13H2,1H3. The molecule has 88 valence electrons. The van der Waals surface area contributed by atoms with E-state index < -0.39 is 0 Å². The van der Waals surface area contributed by atoms with Crippen LogP contribution in [0.5, 0.6) is 0 Å². The molecular weight excluding hydrogens is 188 g/mol. The van der Waals surface area contributed by atoms with E-state index in [0.717, 1.165) is 25.8 Å². The molecule has 1 atom stereocenters. The molecule has 2 rings (SSSR count). The van der Waals surface area contributed by atoms with Gasteiger partial charge in [-0.2, -0.15) is 0 Å². The summed E-state index contributed by atoms with van der Waals surface area (Å²) in [6.45, 7) is 7.59. The molecule has 0 bridgehead atoms. The van der Waals surface area contributed by atoms with Crippen molar-refractivity contribution >= 4 is 0 Å². The van der Waals surface area contributed by atoms with Gasteiger partial charge in [0.25, 0.3) is 0 Å². The van der Waals surface area contributed by atoms with E-state index in [-0.39, 0.29) is 0 Å². The van der Waals surface area contributed by atoms with Crippen LogP contribution in [-0.4, -0.2) is 43.8 Å². The number of nitrogens with zero attached hydrogens (tertiary/aromatic N) is 1. The van der Waals surface area contributed by atoms with Crippen LogP contribution in [0, 0.1) is 5.41 Å². The second-order valence-electron chi connectivity index (χ2n) is 5.50. The molecule has 0 saturated carbocycles. The average Bonchev–Trinajstić information content (AvgIpc) is 2.60. The number of nitrogens with two attached hydrogens (primary N) is 1. The third-order valence-electron chi connectivity index (χ3n) is 3.73. The molecule has 2 heterocycles. The van der Waals surface area contributed by atoms with Crippen LogP contribution in [0.2, 0.25) is 0 Å². The summed E-state index contributed by atoms with van der Waals surface area (Å²) < 4.78 is 5.32. The topological polar surface area (TPSA) is 38.5 Å². The van der Waals surface area contributed by atoms with Crippen molar-refractivity contribution in [1.29, 1.82) is 0 Å². The van der Waals surface area contributed by atoms with E-state index in [9.17, 15) is 0 Å². The molecule has 2 aliphatic rings. The lowest BCUT2D eigenvalue weighted by Crippen LogP contribution is -2.49. The van der Waals surface area contributed by atoms with Gasteiger partial charge in [0.05, 0.1) is 13.2 Å². The normalized spacial score (nSPS) is 30.4. The van der Waals surface area contributed by atoms with Crippen LogP contribution in [0.3, 0.4) is 0 Å². The first-order valence-corrected chi connectivity index (χ1v) is 6.25. The van der Waals surface area contributed by atoms with Crippen LogP contribution in [0.4, 0.5) is 0 Å². The minimum Gasteiger partial charge on any atom is -0.380 e. The Labute approximate surface area is 93.0 Å². The molecule has 0 radical (unpaired) electrons. The molecule has 3 nitrogen and oxygen atoms in total. The summed E-state index contributed by atoms with van der Waals surface area (Å²) in [6.07, 6.45) is 5.20. The van der Waals surface area contributed by atoms with E-state index in [4.69, 9.17) is 10.5 Å². The van der Waals surface area contributed by atoms with Crippen LogP contribution in [0.1, 0.15) is 32.6 Å². The third kappa shape index (κ3) is 2.71. The van der Waals surface area contributed by atoms with Crippen LogP contribution in [-0.2, 0) is 4.74 Å². The van der Waals surface area contributed by atoms with Gasteiger partial charge in [-0.1, -0.05) is 6.92 Å². The van der Waals surface area contributed by atoms with Crippen LogP contribution in [0.15, 0.2) is 0 Å². The molecular formula is C12H24N2O. The minimum absolute atomic E-state index is 0.436. The highest BCUT2D eigenvalue weighted by molar-refractivity contribution is 4.89. The van der Waals surface area contributed by atoms with Crippen molar-refractivity contribution in [3.63, 3.8) is 0 Å². The molecule has 3 heteroatoms. The van der Waals surface area contributed by atoms with Gasteiger partial charge in [-0.3, -0.25) is 4.90 Å². The predicted molar refractivity (Wildman–Crippen MR) is 61.8 cm³/mol. The first-order chi connectivity index (χ1) is 7.23. The zero-order valence-electron chi connectivity index (χ0n) is 9.87. The minimum atomic E-state index is 0.436. The van der Waals surface area contributed by atoms with Gasteiger partial charge in [-0.15, -0.1) is 0 Å². The van der Waals surface area contributed by atoms with E-state index in [1.807, 2.05) is 0 Å². The predicted octanol–water partition coefficient (Wildman–Crippen LogP) is 1.23. The highest BCUT2D eigenvalue weighted by atomic mass is 16.5. The Morgan fingerprint density at radius 3 is 2.87 bits per heavy atom. The molecule has 2 N–H and O–H groups in total. The third-order valence-corrected chi connectivity index (χ3v) is 3.73. The lowest BCUT2D eigenvalue weighted by atomic mass is 9.87. The molecule has 15 heavy (non-hydrogen) atoms. The summed E-state index contributed by atoms with van der Waals surface area (Å²) >= 11 is 0. The number of hydrogen-bond donors (Lipinski definition) is 1. The van der Waals surface area contributed by atoms with Gasteiger partial charge < -0.3 is 10.5 Å². The van der Waals surface area contributed by atoms with Crippen LogP contribution in [0.25, 0.3) is 0 Å². The lowest BCUT2D eigenvalue weighted by molar-refractivity contribution is -0.116. The zero-order valence-corrected chi connectivity index (χ0v) is 9.87. The molecule has 2 fully saturated rings. The van der Waals surface area contributed by atoms with Crippen LogP contribution < -0.4 is 5.73 Å². The number of hydrogen-bond acceptors (Lipinski definition) is 3. The summed E-state index contributed by atoms with van der Waals surface area (Å²) in [5.74, 6) is 0. The van der Waals surface area contributed by atoms with E-state index in [0.29, 0.717) is 5.41 Å². The Morgan fingerprint density at radius 1 is 1.47 bits per heavy atom. The van der Waals surface area contributed by atoms with Crippen molar-refractivity contribution in [2.24, 2.45) is 11.1 Å². The number of ether oxygens (including phenoxy) is 1. The van der Waals surface area contributed by atoms with Gasteiger partial charge in [0.2, 0.25) is 0 Å². The van der Waals surface area contributed by atoms with E-state index in [1.165, 1.54) is 38.8 Å². The Morgan fingerprint density at radius 2 is 2.27 bits per heavy atom. The quantitative estimate of drug-likeness (QED) is 0.745. The maximum Gasteiger partial charge on any atom is 0.0554 e. The molecule has 0 aromatic rings. The average molecular weight is 212 g/mol. The van der Waals surface area contributed by atoms with Crippen molar-refractivity contribution < 1.29 is 4.74 Å². The van der Waals surface area contributed by atoms with E-state index in [2.05, 4.69) is 11.8 Å². The molecule has 2 saturated heterocycles. The van der Waals surface area contributed by atoms with Gasteiger partial charge in [0.15, 0.2) is 0 Å². The van der Waals surface area contributed by atoms with Gasteiger partial charge in [-0.25, -0.2) is 0 Å². The highest BCUT2D eigenvalue weighted by Crippen LogP contribution is 2.31. The molecule has 1 unspecified atom stereocenters. The van der Waals surface area contributed by atoms with Gasteiger partial charge in [0.1, 0.15) is 0 Å². The second-order valence-corrected chi connectivity index (χ2v) is 5.50. The van der Waals surface area contributed by atoms with E-state index >= 15 is 0 Å². The van der Waals surface area contributed by atoms with Crippen molar-refractivity contribution in [3.8, 4) is 0 Å². The zero-order chi connectivity index (χ0) is 10.7. The summed E-state index contributed by atoms with van der Waals surface area (Å²) in [5.41, 5.74) is 6.01. The Kier molecular flexibility index (Phi) is 3.65. The van der Waals surface area contributed by atoms with Crippen molar-refractivity contribution in [2.45, 2.75) is 38.6 Å². The smallest absolute Gasteiger partial charge is 0.0554 e. The first kappa shape index (κ1) is 11.4. The fourth-order valence-electron chi connectivity index (χ4n) is 2.82. The summed E-state index contributed by atoms with van der Waals surface area (Å²) in [4.78, 5) is 2.66. The van der Waals surface area contributed by atoms with Crippen molar-refractivity contribution in [1.82, 2.24) is 4.90 Å². The molecule has 0 spiro atoms. The first-order valence-electron chi connectivity index (χ1n) is 6.25. The lowest BCUT2D eigenvalue weighted by Gasteiger charge is -2.42. The van der Waals surface area contributed by atoms with Crippen LogP contribution >= 0.6 is 0 Å². The SMILES string of the molecule is CC1(CN2CCCC2CCCN)COC1. The monoisotopic (exact) mass is 212 g/mol. The highest BCUT2D eigenvalue weighted by Gasteiger charge is 2.37. The fraction of sp³-hybridized carbons (Fsp3) is 1.00. The molecule has 0 amide bonds. The molecule has 2 aliphatic heterocycles. The fourth-order valence-corrected chi connectivity index (χ4v) is 2.82. The van der Waals surface area contributed by atoms with Gasteiger partial charge in [-0.05, 0) is 38.8 Å². The Balaban J connectivity index is 1.79. The molecule has 0 aromatic carbocycles. The number of rotatable bonds is 5. The molecule has 0 aliphatic carbocycles.